The second kappa shape index (κ2) is 7.54. The third-order valence-electron chi connectivity index (χ3n) is 4.21. The lowest BCUT2D eigenvalue weighted by atomic mass is 9.87. The fraction of sp³-hybridized carbons (Fsp3) is 0.250. The van der Waals surface area contributed by atoms with Crippen LogP contribution in [0.25, 0.3) is 0 Å². The Bertz CT molecular complexity index is 735. The Balaban J connectivity index is 1.70. The molecule has 1 aliphatic rings. The van der Waals surface area contributed by atoms with Crippen LogP contribution in [0.4, 0.5) is 0 Å². The molecule has 3 nitrogen and oxygen atoms in total. The van der Waals surface area contributed by atoms with Crippen LogP contribution in [0, 0.1) is 0 Å². The van der Waals surface area contributed by atoms with E-state index in [1.165, 1.54) is 0 Å². The number of Topliss-reactive ketones (excluding diaryl/α,β-unsaturated/α-hetero) is 1. The zero-order valence-electron chi connectivity index (χ0n) is 13.6. The lowest BCUT2D eigenvalue weighted by molar-refractivity contribution is -0.119. The third-order valence-corrected chi connectivity index (χ3v) is 4.47. The number of methoxy groups -OCH3 is 1. The molecule has 2 aromatic carbocycles. The van der Waals surface area contributed by atoms with Crippen molar-refractivity contribution in [3.8, 4) is 5.75 Å². The van der Waals surface area contributed by atoms with E-state index in [1.807, 2.05) is 48.5 Å². The van der Waals surface area contributed by atoms with Gasteiger partial charge in [-0.2, -0.15) is 0 Å². The highest BCUT2D eigenvalue weighted by molar-refractivity contribution is 6.30. The molecule has 0 fully saturated rings. The summed E-state index contributed by atoms with van der Waals surface area (Å²) in [6, 6.07) is 15.6. The minimum absolute atomic E-state index is 0.116. The van der Waals surface area contributed by atoms with Crippen LogP contribution in [0.15, 0.2) is 60.3 Å². The number of carbonyl (C=O) groups excluding carboxylic acids is 1. The van der Waals surface area contributed by atoms with Crippen LogP contribution in [0.3, 0.4) is 0 Å². The van der Waals surface area contributed by atoms with Gasteiger partial charge >= 0.3 is 0 Å². The second-order valence-electron chi connectivity index (χ2n) is 5.97. The van der Waals surface area contributed by atoms with Crippen molar-refractivity contribution in [2.24, 2.45) is 0 Å². The van der Waals surface area contributed by atoms with Gasteiger partial charge in [-0.05, 0) is 35.4 Å². The largest absolute Gasteiger partial charge is 0.497 e. The first-order valence-corrected chi connectivity index (χ1v) is 8.36. The van der Waals surface area contributed by atoms with E-state index in [9.17, 15) is 4.79 Å². The van der Waals surface area contributed by atoms with Gasteiger partial charge in [-0.1, -0.05) is 41.9 Å². The molecule has 2 aromatic rings. The van der Waals surface area contributed by atoms with E-state index in [4.69, 9.17) is 16.3 Å². The maximum Gasteiger partial charge on any atom is 0.139 e. The molecule has 0 bridgehead atoms. The van der Waals surface area contributed by atoms with Crippen LogP contribution >= 0.6 is 11.6 Å². The molecule has 0 saturated carbocycles. The number of nitrogens with one attached hydrogen (secondary N) is 1. The minimum atomic E-state index is 0.116. The Morgan fingerprint density at radius 1 is 1.12 bits per heavy atom. The molecule has 0 heterocycles. The van der Waals surface area contributed by atoms with Gasteiger partial charge in [-0.3, -0.25) is 4.79 Å². The first-order valence-electron chi connectivity index (χ1n) is 7.98. The Kier molecular flexibility index (Phi) is 5.21. The third kappa shape index (κ3) is 4.18. The fourth-order valence-corrected chi connectivity index (χ4v) is 3.02. The Morgan fingerprint density at radius 2 is 1.83 bits per heavy atom. The normalized spacial score (nSPS) is 17.3. The summed E-state index contributed by atoms with van der Waals surface area (Å²) in [5, 5.41) is 4.11. The maximum absolute atomic E-state index is 12.1. The number of rotatable bonds is 5. The lowest BCUT2D eigenvalue weighted by Gasteiger charge is -2.22. The molecule has 124 valence electrons. The van der Waals surface area contributed by atoms with Gasteiger partial charge in [0.15, 0.2) is 0 Å². The Morgan fingerprint density at radius 3 is 2.50 bits per heavy atom. The van der Waals surface area contributed by atoms with Crippen molar-refractivity contribution in [2.45, 2.75) is 25.3 Å². The lowest BCUT2D eigenvalue weighted by Crippen LogP contribution is -2.22. The number of ether oxygens (including phenoxy) is 1. The average molecular weight is 342 g/mol. The topological polar surface area (TPSA) is 38.3 Å². The highest BCUT2D eigenvalue weighted by atomic mass is 35.5. The van der Waals surface area contributed by atoms with Crippen LogP contribution in [0.2, 0.25) is 5.02 Å². The van der Waals surface area contributed by atoms with Gasteiger partial charge in [-0.25, -0.2) is 0 Å². The molecule has 1 unspecified atom stereocenters. The first kappa shape index (κ1) is 16.6. The standard InChI is InChI=1S/C20H20ClNO2/c1-24-20-8-4-15(5-9-20)16-10-18(12-19(23)11-16)22-13-14-2-6-17(21)7-3-14/h2-10,16,22H,11-13H2,1H3. The molecule has 0 spiro atoms. The summed E-state index contributed by atoms with van der Waals surface area (Å²) in [6.07, 6.45) is 3.19. The second-order valence-corrected chi connectivity index (χ2v) is 6.41. The average Bonchev–Trinajstić information content (AvgIpc) is 2.61. The zero-order chi connectivity index (χ0) is 16.9. The van der Waals surface area contributed by atoms with Gasteiger partial charge in [0.2, 0.25) is 0 Å². The highest BCUT2D eigenvalue weighted by Gasteiger charge is 2.21. The van der Waals surface area contributed by atoms with Gasteiger partial charge in [0.25, 0.3) is 0 Å². The summed E-state index contributed by atoms with van der Waals surface area (Å²) in [5.74, 6) is 1.20. The van der Waals surface area contributed by atoms with Crippen LogP contribution in [-0.2, 0) is 11.3 Å². The van der Waals surface area contributed by atoms with E-state index in [2.05, 4.69) is 11.4 Å². The molecule has 0 saturated heterocycles. The van der Waals surface area contributed by atoms with Crippen molar-refractivity contribution in [3.05, 3.63) is 76.5 Å². The summed E-state index contributed by atoms with van der Waals surface area (Å²) in [4.78, 5) is 12.1. The molecule has 0 radical (unpaired) electrons. The van der Waals surface area contributed by atoms with Crippen LogP contribution in [0.5, 0.6) is 5.75 Å². The predicted octanol–water partition coefficient (Wildman–Crippen LogP) is 4.47. The summed E-state index contributed by atoms with van der Waals surface area (Å²) in [5.41, 5.74) is 3.26. The summed E-state index contributed by atoms with van der Waals surface area (Å²) >= 11 is 5.90. The molecule has 4 heteroatoms. The SMILES string of the molecule is COc1ccc(C2C=C(NCc3ccc(Cl)cc3)CC(=O)C2)cc1. The van der Waals surface area contributed by atoms with Crippen LogP contribution in [-0.4, -0.2) is 12.9 Å². The molecule has 0 amide bonds. The minimum Gasteiger partial charge on any atom is -0.497 e. The van der Waals surface area contributed by atoms with Crippen LogP contribution in [0.1, 0.15) is 29.9 Å². The fourth-order valence-electron chi connectivity index (χ4n) is 2.90. The number of hydrogen-bond donors (Lipinski definition) is 1. The number of halogens is 1. The van der Waals surface area contributed by atoms with Crippen molar-refractivity contribution in [1.29, 1.82) is 0 Å². The summed E-state index contributed by atoms with van der Waals surface area (Å²) in [6.45, 7) is 0.686. The predicted molar refractivity (Wildman–Crippen MR) is 96.4 cm³/mol. The van der Waals surface area contributed by atoms with E-state index < -0.39 is 0 Å². The van der Waals surface area contributed by atoms with E-state index in [-0.39, 0.29) is 11.7 Å². The van der Waals surface area contributed by atoms with Gasteiger partial charge < -0.3 is 10.1 Å². The van der Waals surface area contributed by atoms with Gasteiger partial charge in [0, 0.05) is 36.0 Å². The van der Waals surface area contributed by atoms with Crippen molar-refractivity contribution < 1.29 is 9.53 Å². The van der Waals surface area contributed by atoms with E-state index in [1.54, 1.807) is 7.11 Å². The van der Waals surface area contributed by atoms with Crippen LogP contribution < -0.4 is 10.1 Å². The monoisotopic (exact) mass is 341 g/mol. The molecule has 1 atom stereocenters. The van der Waals surface area contributed by atoms with Crippen molar-refractivity contribution in [3.63, 3.8) is 0 Å². The van der Waals surface area contributed by atoms with Gasteiger partial charge in [0.1, 0.15) is 11.5 Å². The molecule has 24 heavy (non-hydrogen) atoms. The molecule has 1 N–H and O–H groups in total. The van der Waals surface area contributed by atoms with Gasteiger partial charge in [-0.15, -0.1) is 0 Å². The van der Waals surface area contributed by atoms with Crippen molar-refractivity contribution in [2.75, 3.05) is 7.11 Å². The number of ketones is 1. The molecule has 3 rings (SSSR count). The molecular formula is C20H20ClNO2. The zero-order valence-corrected chi connectivity index (χ0v) is 14.3. The maximum atomic E-state index is 12.1. The molecular weight excluding hydrogens is 322 g/mol. The van der Waals surface area contributed by atoms with E-state index in [0.29, 0.717) is 19.4 Å². The highest BCUT2D eigenvalue weighted by Crippen LogP contribution is 2.29. The first-order chi connectivity index (χ1) is 11.6. The Labute approximate surface area is 147 Å². The van der Waals surface area contributed by atoms with E-state index in [0.717, 1.165) is 27.6 Å². The summed E-state index contributed by atoms with van der Waals surface area (Å²) in [7, 11) is 1.65. The number of hydrogen-bond acceptors (Lipinski definition) is 3. The van der Waals surface area contributed by atoms with E-state index >= 15 is 0 Å². The quantitative estimate of drug-likeness (QED) is 0.872. The van der Waals surface area contributed by atoms with Gasteiger partial charge in [0.05, 0.1) is 7.11 Å². The number of allylic oxidation sites excluding steroid dienone is 2. The number of carbonyl (C=O) groups is 1. The Hall–Kier alpha value is -2.26. The summed E-state index contributed by atoms with van der Waals surface area (Å²) < 4.78 is 5.19. The smallest absolute Gasteiger partial charge is 0.139 e. The van der Waals surface area contributed by atoms with Crippen molar-refractivity contribution in [1.82, 2.24) is 5.32 Å². The molecule has 0 aliphatic heterocycles. The number of benzene rings is 2. The van der Waals surface area contributed by atoms with Crippen molar-refractivity contribution >= 4 is 17.4 Å². The molecule has 1 aliphatic carbocycles. The molecule has 0 aromatic heterocycles.